The van der Waals surface area contributed by atoms with Crippen LogP contribution in [0.2, 0.25) is 0 Å². The number of hydrogen-bond acceptors (Lipinski definition) is 6. The summed E-state index contributed by atoms with van der Waals surface area (Å²) in [6, 6.07) is 4.19. The summed E-state index contributed by atoms with van der Waals surface area (Å²) in [5, 5.41) is 27.0. The Morgan fingerprint density at radius 1 is 1.29 bits per heavy atom. The Morgan fingerprint density at radius 2 is 1.95 bits per heavy atom. The van der Waals surface area contributed by atoms with Crippen LogP contribution in [0.1, 0.15) is 39.2 Å². The predicted octanol–water partition coefficient (Wildman–Crippen LogP) is 2.72. The Hall–Kier alpha value is -2.42. The van der Waals surface area contributed by atoms with Crippen molar-refractivity contribution in [2.45, 2.75) is 33.6 Å². The average Bonchev–Trinajstić information content (AvgIpc) is 2.47. The monoisotopic (exact) mass is 295 g/mol. The van der Waals surface area contributed by atoms with Crippen LogP contribution < -0.4 is 4.74 Å². The number of carbonyl (C=O) groups excluding carboxylic acids is 1. The molecule has 0 saturated carbocycles. The number of nitriles is 1. The molecule has 1 rings (SSSR count). The maximum Gasteiger partial charge on any atom is 0.305 e. The lowest BCUT2D eigenvalue weighted by Gasteiger charge is -2.07. The standard InChI is InChI=1S/C9H9NO3.C6H12O2/c1-2-13-9-6(5-10)3-7(11)4-8(9)12;1-3-5-8-6(7)4-2/h3-4,11-12H,2H2,1H3;3-5H2,1-2H3. The van der Waals surface area contributed by atoms with Gasteiger partial charge in [0.05, 0.1) is 13.2 Å². The zero-order chi connectivity index (χ0) is 16.3. The largest absolute Gasteiger partial charge is 0.508 e. The first-order chi connectivity index (χ1) is 9.99. The van der Waals surface area contributed by atoms with Crippen molar-refractivity contribution in [3.05, 3.63) is 17.7 Å². The first kappa shape index (κ1) is 18.6. The van der Waals surface area contributed by atoms with Crippen LogP contribution in [0.3, 0.4) is 0 Å². The van der Waals surface area contributed by atoms with Gasteiger partial charge in [-0.05, 0) is 13.3 Å². The summed E-state index contributed by atoms with van der Waals surface area (Å²) in [7, 11) is 0. The fourth-order valence-corrected chi connectivity index (χ4v) is 1.30. The number of hydrogen-bond donors (Lipinski definition) is 2. The molecular formula is C15H21NO5. The molecule has 0 saturated heterocycles. The molecule has 1 aromatic rings. The summed E-state index contributed by atoms with van der Waals surface area (Å²) < 4.78 is 9.73. The molecule has 116 valence electrons. The summed E-state index contributed by atoms with van der Waals surface area (Å²) in [6.45, 7) is 6.42. The van der Waals surface area contributed by atoms with E-state index in [1.165, 1.54) is 6.07 Å². The van der Waals surface area contributed by atoms with Crippen LogP contribution in [0.15, 0.2) is 12.1 Å². The van der Waals surface area contributed by atoms with Gasteiger partial charge >= 0.3 is 5.97 Å². The van der Waals surface area contributed by atoms with Crippen molar-refractivity contribution in [1.82, 2.24) is 0 Å². The fourth-order valence-electron chi connectivity index (χ4n) is 1.30. The average molecular weight is 295 g/mol. The molecule has 2 N–H and O–H groups in total. The number of rotatable bonds is 5. The number of carbonyl (C=O) groups is 1. The van der Waals surface area contributed by atoms with E-state index in [2.05, 4.69) is 0 Å². The molecular weight excluding hydrogens is 274 g/mol. The Bertz CT molecular complexity index is 494. The molecule has 0 atom stereocenters. The number of benzene rings is 1. The minimum atomic E-state index is -0.224. The fraction of sp³-hybridized carbons (Fsp3) is 0.467. The van der Waals surface area contributed by atoms with Gasteiger partial charge in [0.2, 0.25) is 0 Å². The van der Waals surface area contributed by atoms with E-state index in [1.54, 1.807) is 13.8 Å². The highest BCUT2D eigenvalue weighted by atomic mass is 16.5. The topological polar surface area (TPSA) is 99.8 Å². The predicted molar refractivity (Wildman–Crippen MR) is 77.2 cm³/mol. The van der Waals surface area contributed by atoms with Crippen LogP contribution in [0.25, 0.3) is 0 Å². The van der Waals surface area contributed by atoms with Crippen LogP contribution in [0, 0.1) is 11.3 Å². The third kappa shape index (κ3) is 7.06. The van der Waals surface area contributed by atoms with E-state index in [9.17, 15) is 9.90 Å². The maximum absolute atomic E-state index is 10.3. The number of phenolic OH excluding ortho intramolecular Hbond substituents is 2. The molecule has 0 amide bonds. The third-order valence-corrected chi connectivity index (χ3v) is 2.22. The smallest absolute Gasteiger partial charge is 0.305 e. The van der Waals surface area contributed by atoms with E-state index in [-0.39, 0.29) is 28.8 Å². The molecule has 0 aromatic heterocycles. The van der Waals surface area contributed by atoms with Crippen molar-refractivity contribution >= 4 is 5.97 Å². The van der Waals surface area contributed by atoms with Gasteiger partial charge in [-0.1, -0.05) is 13.8 Å². The second kappa shape index (κ2) is 10.4. The third-order valence-electron chi connectivity index (χ3n) is 2.22. The van der Waals surface area contributed by atoms with Crippen LogP contribution in [0.4, 0.5) is 0 Å². The molecule has 0 bridgehead atoms. The Morgan fingerprint density at radius 3 is 2.43 bits per heavy atom. The second-order valence-corrected chi connectivity index (χ2v) is 3.96. The van der Waals surface area contributed by atoms with Crippen molar-refractivity contribution in [2.24, 2.45) is 0 Å². The summed E-state index contributed by atoms with van der Waals surface area (Å²) in [4.78, 5) is 10.3. The molecule has 0 heterocycles. The minimum absolute atomic E-state index is 0.105. The summed E-state index contributed by atoms with van der Waals surface area (Å²) >= 11 is 0. The van der Waals surface area contributed by atoms with E-state index in [0.29, 0.717) is 19.6 Å². The van der Waals surface area contributed by atoms with E-state index in [0.717, 1.165) is 12.5 Å². The van der Waals surface area contributed by atoms with Crippen LogP contribution in [-0.4, -0.2) is 29.4 Å². The Kier molecular flexibility index (Phi) is 9.18. The summed E-state index contributed by atoms with van der Waals surface area (Å²) in [6.07, 6.45) is 1.39. The summed E-state index contributed by atoms with van der Waals surface area (Å²) in [5.41, 5.74) is 0.124. The van der Waals surface area contributed by atoms with Crippen LogP contribution >= 0.6 is 0 Å². The molecule has 0 aliphatic rings. The Balaban J connectivity index is 0.000000433. The van der Waals surface area contributed by atoms with Gasteiger partial charge in [-0.2, -0.15) is 5.26 Å². The zero-order valence-electron chi connectivity index (χ0n) is 12.5. The van der Waals surface area contributed by atoms with E-state index in [1.807, 2.05) is 13.0 Å². The molecule has 0 spiro atoms. The van der Waals surface area contributed by atoms with Gasteiger partial charge in [0.25, 0.3) is 0 Å². The SMILES string of the molecule is CCCOC(=O)CC.CCOc1c(O)cc(O)cc1C#N. The van der Waals surface area contributed by atoms with Gasteiger partial charge in [0.1, 0.15) is 17.4 Å². The van der Waals surface area contributed by atoms with Gasteiger partial charge in [-0.15, -0.1) is 0 Å². The lowest BCUT2D eigenvalue weighted by atomic mass is 10.2. The van der Waals surface area contributed by atoms with Gasteiger partial charge in [-0.3, -0.25) is 4.79 Å². The molecule has 0 aliphatic heterocycles. The second-order valence-electron chi connectivity index (χ2n) is 3.96. The van der Waals surface area contributed by atoms with Crippen molar-refractivity contribution in [2.75, 3.05) is 13.2 Å². The number of phenols is 2. The minimum Gasteiger partial charge on any atom is -0.508 e. The lowest BCUT2D eigenvalue weighted by Crippen LogP contribution is -2.02. The number of esters is 1. The van der Waals surface area contributed by atoms with E-state index < -0.39 is 0 Å². The Labute approximate surface area is 124 Å². The first-order valence-corrected chi connectivity index (χ1v) is 6.74. The van der Waals surface area contributed by atoms with Gasteiger partial charge in [0, 0.05) is 18.6 Å². The number of aromatic hydroxyl groups is 2. The van der Waals surface area contributed by atoms with Crippen molar-refractivity contribution in [3.63, 3.8) is 0 Å². The first-order valence-electron chi connectivity index (χ1n) is 6.74. The van der Waals surface area contributed by atoms with Gasteiger partial charge in [-0.25, -0.2) is 0 Å². The molecule has 0 unspecified atom stereocenters. The van der Waals surface area contributed by atoms with Gasteiger partial charge < -0.3 is 19.7 Å². The molecule has 6 heteroatoms. The van der Waals surface area contributed by atoms with Crippen molar-refractivity contribution in [3.8, 4) is 23.3 Å². The quantitative estimate of drug-likeness (QED) is 0.810. The lowest BCUT2D eigenvalue weighted by molar-refractivity contribution is -0.143. The molecule has 0 fully saturated rings. The normalized spacial score (nSPS) is 9.05. The molecule has 6 nitrogen and oxygen atoms in total. The highest BCUT2D eigenvalue weighted by Gasteiger charge is 2.10. The molecule has 21 heavy (non-hydrogen) atoms. The number of nitrogens with zero attached hydrogens (tertiary/aromatic N) is 1. The van der Waals surface area contributed by atoms with Gasteiger partial charge in [0.15, 0.2) is 11.5 Å². The number of ether oxygens (including phenoxy) is 2. The van der Waals surface area contributed by atoms with Crippen molar-refractivity contribution < 1.29 is 24.5 Å². The van der Waals surface area contributed by atoms with Crippen LogP contribution in [0.5, 0.6) is 17.2 Å². The van der Waals surface area contributed by atoms with E-state index in [4.69, 9.17) is 19.8 Å². The maximum atomic E-state index is 10.3. The van der Waals surface area contributed by atoms with Crippen molar-refractivity contribution in [1.29, 1.82) is 5.26 Å². The van der Waals surface area contributed by atoms with Crippen LogP contribution in [-0.2, 0) is 9.53 Å². The van der Waals surface area contributed by atoms with E-state index >= 15 is 0 Å². The summed E-state index contributed by atoms with van der Waals surface area (Å²) in [5.74, 6) is -0.370. The molecule has 1 aromatic carbocycles. The highest BCUT2D eigenvalue weighted by Crippen LogP contribution is 2.33. The molecule has 0 radical (unpaired) electrons. The highest BCUT2D eigenvalue weighted by molar-refractivity contribution is 5.68. The molecule has 0 aliphatic carbocycles. The zero-order valence-corrected chi connectivity index (χ0v) is 12.5.